The van der Waals surface area contributed by atoms with Crippen LogP contribution in [0.4, 0.5) is 11.5 Å². The van der Waals surface area contributed by atoms with Crippen molar-refractivity contribution >= 4 is 17.4 Å². The summed E-state index contributed by atoms with van der Waals surface area (Å²) in [7, 11) is 1.70. The van der Waals surface area contributed by atoms with E-state index in [4.69, 9.17) is 5.84 Å². The summed E-state index contributed by atoms with van der Waals surface area (Å²) in [4.78, 5) is 13.7. The van der Waals surface area contributed by atoms with Gasteiger partial charge in [0.1, 0.15) is 0 Å². The van der Waals surface area contributed by atoms with E-state index in [9.17, 15) is 4.79 Å². The van der Waals surface area contributed by atoms with Crippen LogP contribution in [0.2, 0.25) is 0 Å². The van der Waals surface area contributed by atoms with Gasteiger partial charge in [-0.1, -0.05) is 17.7 Å². The first-order valence-corrected chi connectivity index (χ1v) is 5.77. The van der Waals surface area contributed by atoms with Crippen molar-refractivity contribution in [1.82, 2.24) is 10.2 Å². The number of nitrogens with two attached hydrogens (primary N) is 1. The lowest BCUT2D eigenvalue weighted by Gasteiger charge is -2.16. The van der Waals surface area contributed by atoms with Gasteiger partial charge in [-0.3, -0.25) is 4.79 Å². The van der Waals surface area contributed by atoms with E-state index in [1.165, 1.54) is 4.90 Å². The van der Waals surface area contributed by atoms with Crippen LogP contribution >= 0.6 is 0 Å². The Morgan fingerprint density at radius 1 is 1.16 bits per heavy atom. The first-order valence-electron chi connectivity index (χ1n) is 5.77. The third-order valence-corrected chi connectivity index (χ3v) is 2.76. The zero-order valence-electron chi connectivity index (χ0n) is 10.8. The van der Waals surface area contributed by atoms with Gasteiger partial charge in [-0.15, -0.1) is 10.2 Å². The molecule has 0 aliphatic carbocycles. The quantitative estimate of drug-likeness (QED) is 0.640. The van der Waals surface area contributed by atoms with Gasteiger partial charge in [0.2, 0.25) is 0 Å². The van der Waals surface area contributed by atoms with Crippen LogP contribution in [-0.4, -0.2) is 23.2 Å². The van der Waals surface area contributed by atoms with Gasteiger partial charge < -0.3 is 10.3 Å². The molecular formula is C13H15N5O. The van der Waals surface area contributed by atoms with Crippen LogP contribution in [0.15, 0.2) is 36.4 Å². The Bertz CT molecular complexity index is 565. The number of aromatic nitrogens is 2. The molecule has 1 aromatic heterocycles. The standard InChI is InChI=1S/C13H15N5O/c1-9-3-5-10(6-4-9)18(2)13(19)11-7-8-12(15-14)17-16-11/h3-8H,14H2,1-2H3,(H,15,17). The van der Waals surface area contributed by atoms with Gasteiger partial charge in [0.05, 0.1) is 0 Å². The molecule has 6 heteroatoms. The smallest absolute Gasteiger partial charge is 0.278 e. The van der Waals surface area contributed by atoms with Gasteiger partial charge >= 0.3 is 0 Å². The molecule has 0 fully saturated rings. The molecule has 0 spiro atoms. The second kappa shape index (κ2) is 5.45. The van der Waals surface area contributed by atoms with Gasteiger partial charge in [-0.2, -0.15) is 0 Å². The van der Waals surface area contributed by atoms with Crippen molar-refractivity contribution < 1.29 is 4.79 Å². The van der Waals surface area contributed by atoms with Gasteiger partial charge in [0, 0.05) is 12.7 Å². The first-order chi connectivity index (χ1) is 9.11. The minimum Gasteiger partial charge on any atom is -0.310 e. The fourth-order valence-electron chi connectivity index (χ4n) is 1.58. The number of nitrogen functional groups attached to an aromatic ring is 1. The second-order valence-corrected chi connectivity index (χ2v) is 4.15. The van der Waals surface area contributed by atoms with E-state index in [1.807, 2.05) is 31.2 Å². The summed E-state index contributed by atoms with van der Waals surface area (Å²) in [5, 5.41) is 7.60. The number of nitrogens with zero attached hydrogens (tertiary/aromatic N) is 3. The number of hydrazine groups is 1. The Morgan fingerprint density at radius 2 is 1.84 bits per heavy atom. The number of rotatable bonds is 3. The molecule has 2 aromatic rings. The molecule has 0 aliphatic rings. The monoisotopic (exact) mass is 257 g/mol. The van der Waals surface area contributed by atoms with E-state index in [-0.39, 0.29) is 11.6 Å². The van der Waals surface area contributed by atoms with Crippen LogP contribution in [0.3, 0.4) is 0 Å². The number of hydrogen-bond acceptors (Lipinski definition) is 5. The molecule has 0 unspecified atom stereocenters. The summed E-state index contributed by atoms with van der Waals surface area (Å²) >= 11 is 0. The molecule has 1 amide bonds. The SMILES string of the molecule is Cc1ccc(N(C)C(=O)c2ccc(NN)nn2)cc1. The van der Waals surface area contributed by atoms with Crippen molar-refractivity contribution in [3.63, 3.8) is 0 Å². The van der Waals surface area contributed by atoms with Crippen molar-refractivity contribution in [1.29, 1.82) is 0 Å². The third kappa shape index (κ3) is 2.86. The van der Waals surface area contributed by atoms with Crippen LogP contribution in [0.1, 0.15) is 16.1 Å². The zero-order valence-corrected chi connectivity index (χ0v) is 10.8. The minimum absolute atomic E-state index is 0.222. The number of amides is 1. The molecule has 0 saturated carbocycles. The summed E-state index contributed by atoms with van der Waals surface area (Å²) in [5.74, 6) is 5.38. The first kappa shape index (κ1) is 13.0. The predicted octanol–water partition coefficient (Wildman–Crippen LogP) is 1.35. The highest BCUT2D eigenvalue weighted by molar-refractivity contribution is 6.04. The molecule has 19 heavy (non-hydrogen) atoms. The average molecular weight is 257 g/mol. The lowest BCUT2D eigenvalue weighted by Crippen LogP contribution is -2.27. The number of benzene rings is 1. The highest BCUT2D eigenvalue weighted by Gasteiger charge is 2.15. The van der Waals surface area contributed by atoms with Crippen LogP contribution in [0.25, 0.3) is 0 Å². The normalized spacial score (nSPS) is 10.1. The number of carbonyl (C=O) groups excluding carboxylic acids is 1. The van der Waals surface area contributed by atoms with E-state index in [0.29, 0.717) is 5.82 Å². The number of anilines is 2. The Balaban J connectivity index is 2.20. The van der Waals surface area contributed by atoms with Gasteiger partial charge in [-0.25, -0.2) is 5.84 Å². The van der Waals surface area contributed by atoms with E-state index in [0.717, 1.165) is 11.3 Å². The van der Waals surface area contributed by atoms with Crippen LogP contribution in [-0.2, 0) is 0 Å². The predicted molar refractivity (Wildman–Crippen MR) is 73.8 cm³/mol. The van der Waals surface area contributed by atoms with Crippen LogP contribution in [0.5, 0.6) is 0 Å². The molecule has 98 valence electrons. The molecular weight excluding hydrogens is 242 g/mol. The van der Waals surface area contributed by atoms with E-state index in [2.05, 4.69) is 15.6 Å². The van der Waals surface area contributed by atoms with Crippen molar-refractivity contribution in [2.75, 3.05) is 17.4 Å². The molecule has 1 aromatic carbocycles. The largest absolute Gasteiger partial charge is 0.310 e. The summed E-state index contributed by atoms with van der Waals surface area (Å²) in [6.07, 6.45) is 0. The fraction of sp³-hybridized carbons (Fsp3) is 0.154. The molecule has 0 aliphatic heterocycles. The topological polar surface area (TPSA) is 84.1 Å². The number of nitrogens with one attached hydrogen (secondary N) is 1. The van der Waals surface area contributed by atoms with Crippen LogP contribution < -0.4 is 16.2 Å². The maximum Gasteiger partial charge on any atom is 0.278 e. The van der Waals surface area contributed by atoms with Gasteiger partial charge in [0.15, 0.2) is 11.5 Å². The molecule has 0 saturated heterocycles. The molecule has 0 radical (unpaired) electrons. The van der Waals surface area contributed by atoms with Crippen molar-refractivity contribution in [3.8, 4) is 0 Å². The highest BCUT2D eigenvalue weighted by atomic mass is 16.2. The molecule has 6 nitrogen and oxygen atoms in total. The highest BCUT2D eigenvalue weighted by Crippen LogP contribution is 2.15. The Hall–Kier alpha value is -2.47. The Morgan fingerprint density at radius 3 is 2.37 bits per heavy atom. The summed E-state index contributed by atoms with van der Waals surface area (Å²) in [6, 6.07) is 10.9. The van der Waals surface area contributed by atoms with Gasteiger partial charge in [-0.05, 0) is 31.2 Å². The maximum atomic E-state index is 12.2. The van der Waals surface area contributed by atoms with Crippen molar-refractivity contribution in [3.05, 3.63) is 47.7 Å². The lowest BCUT2D eigenvalue weighted by atomic mass is 10.2. The van der Waals surface area contributed by atoms with E-state index < -0.39 is 0 Å². The maximum absolute atomic E-state index is 12.2. The average Bonchev–Trinajstić information content (AvgIpc) is 2.46. The summed E-state index contributed by atoms with van der Waals surface area (Å²) in [5.41, 5.74) is 4.57. The minimum atomic E-state index is -0.222. The van der Waals surface area contributed by atoms with E-state index >= 15 is 0 Å². The number of carbonyl (C=O) groups is 1. The second-order valence-electron chi connectivity index (χ2n) is 4.15. The number of hydrogen-bond donors (Lipinski definition) is 2. The Labute approximate surface area is 111 Å². The molecule has 0 atom stereocenters. The fourth-order valence-corrected chi connectivity index (χ4v) is 1.58. The molecule has 2 rings (SSSR count). The summed E-state index contributed by atoms with van der Waals surface area (Å²) < 4.78 is 0. The van der Waals surface area contributed by atoms with Crippen LogP contribution in [0, 0.1) is 6.92 Å². The van der Waals surface area contributed by atoms with Gasteiger partial charge in [0.25, 0.3) is 5.91 Å². The van der Waals surface area contributed by atoms with E-state index in [1.54, 1.807) is 19.2 Å². The molecule has 3 N–H and O–H groups in total. The zero-order chi connectivity index (χ0) is 13.8. The molecule has 1 heterocycles. The van der Waals surface area contributed by atoms with Crippen molar-refractivity contribution in [2.45, 2.75) is 6.92 Å². The lowest BCUT2D eigenvalue weighted by molar-refractivity contribution is 0.0987. The Kier molecular flexibility index (Phi) is 3.72. The third-order valence-electron chi connectivity index (χ3n) is 2.76. The summed E-state index contributed by atoms with van der Waals surface area (Å²) in [6.45, 7) is 2.00. The number of aryl methyl sites for hydroxylation is 1. The van der Waals surface area contributed by atoms with Crippen molar-refractivity contribution in [2.24, 2.45) is 5.84 Å². The molecule has 0 bridgehead atoms.